The van der Waals surface area contributed by atoms with Crippen LogP contribution in [0.1, 0.15) is 58.8 Å². The Kier molecular flexibility index (Phi) is 7.06. The fourth-order valence-electron chi connectivity index (χ4n) is 2.50. The summed E-state index contributed by atoms with van der Waals surface area (Å²) in [6, 6.07) is 0. The van der Waals surface area contributed by atoms with Crippen LogP contribution < -0.4 is 5.73 Å². The third-order valence-corrected chi connectivity index (χ3v) is 4.00. The van der Waals surface area contributed by atoms with Gasteiger partial charge in [0, 0.05) is 6.61 Å². The van der Waals surface area contributed by atoms with Gasteiger partial charge >= 0.3 is 0 Å². The van der Waals surface area contributed by atoms with Crippen LogP contribution in [0.4, 0.5) is 0 Å². The Balaban J connectivity index is 1.97. The van der Waals surface area contributed by atoms with Gasteiger partial charge in [-0.1, -0.05) is 26.7 Å². The molecule has 0 spiro atoms. The van der Waals surface area contributed by atoms with Crippen LogP contribution in [0, 0.1) is 11.8 Å². The minimum atomic E-state index is 0.542. The summed E-state index contributed by atoms with van der Waals surface area (Å²) in [5.74, 6) is 1.74. The maximum Gasteiger partial charge on any atom is 0.0577 e. The molecule has 0 radical (unpaired) electrons. The summed E-state index contributed by atoms with van der Waals surface area (Å²) in [7, 11) is 0. The van der Waals surface area contributed by atoms with Crippen LogP contribution in [0.5, 0.6) is 0 Å². The van der Waals surface area contributed by atoms with E-state index in [1.54, 1.807) is 0 Å². The van der Waals surface area contributed by atoms with E-state index in [0.717, 1.165) is 31.4 Å². The average Bonchev–Trinajstić information content (AvgIpc) is 2.28. The van der Waals surface area contributed by atoms with Crippen molar-refractivity contribution in [3.8, 4) is 0 Å². The molecule has 1 aliphatic rings. The van der Waals surface area contributed by atoms with Gasteiger partial charge in [0.05, 0.1) is 6.10 Å². The third-order valence-electron chi connectivity index (χ3n) is 4.00. The lowest BCUT2D eigenvalue weighted by Gasteiger charge is -2.31. The standard InChI is InChI=1S/C14H29NO/c1-12-7-8-14(11-13(12)2)16-10-6-4-3-5-9-15/h12-14H,3-11,15H2,1-2H3. The van der Waals surface area contributed by atoms with E-state index in [0.29, 0.717) is 6.10 Å². The predicted octanol–water partition coefficient (Wildman–Crippen LogP) is 3.35. The molecule has 1 rings (SSSR count). The second-order valence-electron chi connectivity index (χ2n) is 5.46. The van der Waals surface area contributed by atoms with E-state index in [1.807, 2.05) is 0 Å². The maximum atomic E-state index is 5.95. The second-order valence-corrected chi connectivity index (χ2v) is 5.46. The second kappa shape index (κ2) is 8.08. The minimum absolute atomic E-state index is 0.542. The molecular formula is C14H29NO. The Bertz CT molecular complexity index is 172. The van der Waals surface area contributed by atoms with Crippen LogP contribution in [-0.2, 0) is 4.74 Å². The van der Waals surface area contributed by atoms with Crippen molar-refractivity contribution in [2.24, 2.45) is 17.6 Å². The molecule has 0 aliphatic heterocycles. The number of ether oxygens (including phenoxy) is 1. The van der Waals surface area contributed by atoms with Gasteiger partial charge in [-0.3, -0.25) is 0 Å². The summed E-state index contributed by atoms with van der Waals surface area (Å²) in [4.78, 5) is 0. The molecule has 96 valence electrons. The molecule has 0 heterocycles. The number of nitrogens with two attached hydrogens (primary N) is 1. The van der Waals surface area contributed by atoms with Crippen molar-refractivity contribution in [1.82, 2.24) is 0 Å². The Morgan fingerprint density at radius 3 is 2.44 bits per heavy atom. The lowest BCUT2D eigenvalue weighted by atomic mass is 9.80. The van der Waals surface area contributed by atoms with Crippen molar-refractivity contribution < 1.29 is 4.74 Å². The van der Waals surface area contributed by atoms with Crippen molar-refractivity contribution >= 4 is 0 Å². The highest BCUT2D eigenvalue weighted by molar-refractivity contribution is 4.75. The minimum Gasteiger partial charge on any atom is -0.378 e. The topological polar surface area (TPSA) is 35.2 Å². The van der Waals surface area contributed by atoms with Crippen molar-refractivity contribution in [3.63, 3.8) is 0 Å². The van der Waals surface area contributed by atoms with Crippen LogP contribution in [0.3, 0.4) is 0 Å². The summed E-state index contributed by atoms with van der Waals surface area (Å²) in [5.41, 5.74) is 5.46. The van der Waals surface area contributed by atoms with Gasteiger partial charge in [-0.15, -0.1) is 0 Å². The highest BCUT2D eigenvalue weighted by atomic mass is 16.5. The molecule has 3 atom stereocenters. The fraction of sp³-hybridized carbons (Fsp3) is 1.00. The first-order chi connectivity index (χ1) is 7.74. The molecule has 2 N–H and O–H groups in total. The third kappa shape index (κ3) is 5.31. The lowest BCUT2D eigenvalue weighted by molar-refractivity contribution is 0.00101. The van der Waals surface area contributed by atoms with E-state index in [9.17, 15) is 0 Å². The first-order valence-corrected chi connectivity index (χ1v) is 7.05. The molecule has 16 heavy (non-hydrogen) atoms. The molecule has 0 saturated heterocycles. The molecule has 1 fully saturated rings. The molecule has 1 saturated carbocycles. The van der Waals surface area contributed by atoms with E-state index in [4.69, 9.17) is 10.5 Å². The van der Waals surface area contributed by atoms with Crippen molar-refractivity contribution in [2.45, 2.75) is 64.9 Å². The van der Waals surface area contributed by atoms with E-state index in [-0.39, 0.29) is 0 Å². The van der Waals surface area contributed by atoms with Crippen LogP contribution in [0.2, 0.25) is 0 Å². The van der Waals surface area contributed by atoms with Crippen molar-refractivity contribution in [3.05, 3.63) is 0 Å². The van der Waals surface area contributed by atoms with E-state index >= 15 is 0 Å². The van der Waals surface area contributed by atoms with Crippen LogP contribution in [0.15, 0.2) is 0 Å². The summed E-state index contributed by atoms with van der Waals surface area (Å²) < 4.78 is 5.95. The monoisotopic (exact) mass is 227 g/mol. The molecule has 1 aliphatic carbocycles. The molecular weight excluding hydrogens is 198 g/mol. The first-order valence-electron chi connectivity index (χ1n) is 7.05. The summed E-state index contributed by atoms with van der Waals surface area (Å²) in [6.07, 6.45) is 9.34. The number of unbranched alkanes of at least 4 members (excludes halogenated alkanes) is 3. The maximum absolute atomic E-state index is 5.95. The van der Waals surface area contributed by atoms with Crippen LogP contribution in [-0.4, -0.2) is 19.3 Å². The highest BCUT2D eigenvalue weighted by Gasteiger charge is 2.24. The zero-order valence-electron chi connectivity index (χ0n) is 11.1. The average molecular weight is 227 g/mol. The normalized spacial score (nSPS) is 30.6. The van der Waals surface area contributed by atoms with Crippen LogP contribution in [0.25, 0.3) is 0 Å². The van der Waals surface area contributed by atoms with Gasteiger partial charge in [-0.05, 0) is 50.5 Å². The SMILES string of the molecule is CC1CCC(OCCCCCCN)CC1C. The van der Waals surface area contributed by atoms with Gasteiger partial charge in [0.15, 0.2) is 0 Å². The van der Waals surface area contributed by atoms with E-state index < -0.39 is 0 Å². The predicted molar refractivity (Wildman–Crippen MR) is 69.4 cm³/mol. The van der Waals surface area contributed by atoms with Gasteiger partial charge < -0.3 is 10.5 Å². The smallest absolute Gasteiger partial charge is 0.0577 e. The van der Waals surface area contributed by atoms with Gasteiger partial charge in [-0.2, -0.15) is 0 Å². The molecule has 0 amide bonds. The Hall–Kier alpha value is -0.0800. The number of hydrogen-bond acceptors (Lipinski definition) is 2. The summed E-state index contributed by atoms with van der Waals surface area (Å²) >= 11 is 0. The zero-order chi connectivity index (χ0) is 11.8. The Labute approximate surface area is 101 Å². The zero-order valence-corrected chi connectivity index (χ0v) is 11.1. The molecule has 3 unspecified atom stereocenters. The van der Waals surface area contributed by atoms with Crippen LogP contribution >= 0.6 is 0 Å². The van der Waals surface area contributed by atoms with Gasteiger partial charge in [0.2, 0.25) is 0 Å². The van der Waals surface area contributed by atoms with E-state index in [2.05, 4.69) is 13.8 Å². The molecule has 2 nitrogen and oxygen atoms in total. The molecule has 0 aromatic rings. The van der Waals surface area contributed by atoms with Gasteiger partial charge in [0.25, 0.3) is 0 Å². The van der Waals surface area contributed by atoms with E-state index in [1.165, 1.54) is 38.5 Å². The number of rotatable bonds is 7. The first kappa shape index (κ1) is 14.0. The molecule has 0 bridgehead atoms. The van der Waals surface area contributed by atoms with Crippen molar-refractivity contribution in [2.75, 3.05) is 13.2 Å². The van der Waals surface area contributed by atoms with Crippen molar-refractivity contribution in [1.29, 1.82) is 0 Å². The number of hydrogen-bond donors (Lipinski definition) is 1. The summed E-state index contributed by atoms with van der Waals surface area (Å²) in [6.45, 7) is 6.52. The highest BCUT2D eigenvalue weighted by Crippen LogP contribution is 2.30. The molecule has 2 heteroatoms. The van der Waals surface area contributed by atoms with Gasteiger partial charge in [-0.25, -0.2) is 0 Å². The largest absolute Gasteiger partial charge is 0.378 e. The quantitative estimate of drug-likeness (QED) is 0.677. The Morgan fingerprint density at radius 2 is 1.75 bits per heavy atom. The fourth-order valence-corrected chi connectivity index (χ4v) is 2.50. The molecule has 0 aromatic heterocycles. The Morgan fingerprint density at radius 1 is 1.00 bits per heavy atom. The van der Waals surface area contributed by atoms with Gasteiger partial charge in [0.1, 0.15) is 0 Å². The lowest BCUT2D eigenvalue weighted by Crippen LogP contribution is -2.26. The molecule has 0 aromatic carbocycles. The summed E-state index contributed by atoms with van der Waals surface area (Å²) in [5, 5.41) is 0.